The van der Waals surface area contributed by atoms with E-state index in [1.807, 2.05) is 23.1 Å². The number of nitrogens with one attached hydrogen (secondary N) is 1. The summed E-state index contributed by atoms with van der Waals surface area (Å²) in [5.74, 6) is 0.654. The fourth-order valence-corrected chi connectivity index (χ4v) is 4.12. The molecule has 0 radical (unpaired) electrons. The maximum Gasteiger partial charge on any atom is 0.257 e. The van der Waals surface area contributed by atoms with Crippen molar-refractivity contribution in [3.05, 3.63) is 54.0 Å². The van der Waals surface area contributed by atoms with Gasteiger partial charge in [-0.25, -0.2) is 9.37 Å². The quantitative estimate of drug-likeness (QED) is 0.871. The largest absolute Gasteiger partial charge is 0.380 e. The van der Waals surface area contributed by atoms with E-state index < -0.39 is 0 Å². The van der Waals surface area contributed by atoms with Crippen LogP contribution in [0.3, 0.4) is 0 Å². The van der Waals surface area contributed by atoms with Crippen LogP contribution in [0.15, 0.2) is 42.6 Å². The lowest BCUT2D eigenvalue weighted by Crippen LogP contribution is -2.41. The Kier molecular flexibility index (Phi) is 5.74. The molecule has 0 bridgehead atoms. The van der Waals surface area contributed by atoms with Crippen LogP contribution < -0.4 is 10.2 Å². The van der Waals surface area contributed by atoms with Gasteiger partial charge in [0, 0.05) is 38.4 Å². The Labute approximate surface area is 165 Å². The van der Waals surface area contributed by atoms with Crippen LogP contribution in [0.25, 0.3) is 0 Å². The summed E-state index contributed by atoms with van der Waals surface area (Å²) in [6, 6.07) is 10.7. The van der Waals surface area contributed by atoms with E-state index in [1.165, 1.54) is 12.5 Å². The first-order chi connectivity index (χ1) is 13.7. The Balaban J connectivity index is 1.42. The first-order valence-electron chi connectivity index (χ1n) is 10.2. The van der Waals surface area contributed by atoms with Crippen molar-refractivity contribution < 1.29 is 9.18 Å². The van der Waals surface area contributed by atoms with Gasteiger partial charge in [0.05, 0.1) is 11.3 Å². The van der Waals surface area contributed by atoms with Gasteiger partial charge in [0.25, 0.3) is 5.91 Å². The second-order valence-electron chi connectivity index (χ2n) is 7.61. The Bertz CT molecular complexity index is 814. The highest BCUT2D eigenvalue weighted by Crippen LogP contribution is 2.26. The lowest BCUT2D eigenvalue weighted by atomic mass is 10.0. The van der Waals surface area contributed by atoms with Gasteiger partial charge in [-0.15, -0.1) is 0 Å². The van der Waals surface area contributed by atoms with Crippen LogP contribution in [-0.2, 0) is 0 Å². The number of hydrogen-bond donors (Lipinski definition) is 1. The third-order valence-electron chi connectivity index (χ3n) is 5.69. The van der Waals surface area contributed by atoms with Gasteiger partial charge in [-0.1, -0.05) is 12.1 Å². The minimum atomic E-state index is -0.218. The van der Waals surface area contributed by atoms with Gasteiger partial charge in [0.2, 0.25) is 0 Å². The summed E-state index contributed by atoms with van der Waals surface area (Å²) in [6.45, 7) is 3.26. The highest BCUT2D eigenvalue weighted by Gasteiger charge is 2.26. The van der Waals surface area contributed by atoms with E-state index >= 15 is 0 Å². The number of pyridine rings is 1. The molecule has 2 saturated heterocycles. The number of nitrogens with zero attached hydrogens (tertiary/aromatic N) is 3. The number of carbonyl (C=O) groups excluding carboxylic acids is 1. The number of aromatic nitrogens is 1. The molecule has 0 unspecified atom stereocenters. The summed E-state index contributed by atoms with van der Waals surface area (Å²) in [4.78, 5) is 21.7. The summed E-state index contributed by atoms with van der Waals surface area (Å²) in [5, 5.41) is 3.31. The molecule has 1 N–H and O–H groups in total. The van der Waals surface area contributed by atoms with Crippen molar-refractivity contribution in [2.45, 2.75) is 38.1 Å². The molecule has 2 aliphatic heterocycles. The van der Waals surface area contributed by atoms with Crippen LogP contribution in [-0.4, -0.2) is 48.0 Å². The molecule has 0 spiro atoms. The van der Waals surface area contributed by atoms with Crippen molar-refractivity contribution in [1.82, 2.24) is 9.88 Å². The highest BCUT2D eigenvalue weighted by atomic mass is 19.1. The molecule has 4 rings (SSSR count). The number of piperidine rings is 2. The van der Waals surface area contributed by atoms with Gasteiger partial charge in [-0.3, -0.25) is 4.79 Å². The number of benzene rings is 1. The lowest BCUT2D eigenvalue weighted by molar-refractivity contribution is 0.0724. The van der Waals surface area contributed by atoms with E-state index in [2.05, 4.69) is 15.2 Å². The Morgan fingerprint density at radius 3 is 2.50 bits per heavy atom. The third kappa shape index (κ3) is 4.11. The highest BCUT2D eigenvalue weighted by molar-refractivity contribution is 5.99. The maximum absolute atomic E-state index is 13.9. The zero-order valence-electron chi connectivity index (χ0n) is 16.1. The molecular weight excluding hydrogens is 355 g/mol. The third-order valence-corrected chi connectivity index (χ3v) is 5.69. The van der Waals surface area contributed by atoms with Gasteiger partial charge < -0.3 is 15.1 Å². The number of halogens is 1. The van der Waals surface area contributed by atoms with E-state index in [4.69, 9.17) is 0 Å². The van der Waals surface area contributed by atoms with E-state index in [0.717, 1.165) is 57.7 Å². The second-order valence-corrected chi connectivity index (χ2v) is 7.61. The molecule has 148 valence electrons. The molecule has 1 aromatic heterocycles. The Morgan fingerprint density at radius 2 is 1.75 bits per heavy atom. The van der Waals surface area contributed by atoms with Crippen molar-refractivity contribution >= 4 is 17.4 Å². The molecule has 2 fully saturated rings. The molecule has 2 aromatic rings. The fourth-order valence-electron chi connectivity index (χ4n) is 4.12. The van der Waals surface area contributed by atoms with Crippen LogP contribution in [0.4, 0.5) is 15.9 Å². The van der Waals surface area contributed by atoms with Crippen molar-refractivity contribution in [3.8, 4) is 0 Å². The fraction of sp³-hybridized carbons (Fsp3) is 0.455. The SMILES string of the molecule is O=C(c1cccnc1N1CCC(Nc2ccccc2F)CC1)N1CCCCC1. The summed E-state index contributed by atoms with van der Waals surface area (Å²) < 4.78 is 13.9. The van der Waals surface area contributed by atoms with Crippen LogP contribution in [0, 0.1) is 5.82 Å². The molecule has 0 atom stereocenters. The average molecular weight is 382 g/mol. The second kappa shape index (κ2) is 8.59. The summed E-state index contributed by atoms with van der Waals surface area (Å²) in [5.41, 5.74) is 1.25. The first kappa shape index (κ1) is 18.7. The summed E-state index contributed by atoms with van der Waals surface area (Å²) in [7, 11) is 0. The van der Waals surface area contributed by atoms with Crippen molar-refractivity contribution in [2.75, 3.05) is 36.4 Å². The molecular formula is C22H27FN4O. The monoisotopic (exact) mass is 382 g/mol. The van der Waals surface area contributed by atoms with E-state index in [9.17, 15) is 9.18 Å². The van der Waals surface area contributed by atoms with Gasteiger partial charge in [0.15, 0.2) is 0 Å². The molecule has 2 aliphatic rings. The molecule has 3 heterocycles. The Hall–Kier alpha value is -2.63. The van der Waals surface area contributed by atoms with Gasteiger partial charge in [0.1, 0.15) is 11.6 Å². The number of carbonyl (C=O) groups is 1. The predicted octanol–water partition coefficient (Wildman–Crippen LogP) is 3.93. The first-order valence-corrected chi connectivity index (χ1v) is 10.2. The maximum atomic E-state index is 13.9. The number of likely N-dealkylation sites (tertiary alicyclic amines) is 1. The molecule has 0 saturated carbocycles. The van der Waals surface area contributed by atoms with Crippen molar-refractivity contribution in [3.63, 3.8) is 0 Å². The Morgan fingerprint density at radius 1 is 1.00 bits per heavy atom. The molecule has 28 heavy (non-hydrogen) atoms. The minimum Gasteiger partial charge on any atom is -0.380 e. The standard InChI is InChI=1S/C22H27FN4O/c23-19-8-2-3-9-20(19)25-17-10-15-26(16-11-17)21-18(7-6-12-24-21)22(28)27-13-4-1-5-14-27/h2-3,6-9,12,17,25H,1,4-5,10-11,13-16H2. The van der Waals surface area contributed by atoms with Crippen molar-refractivity contribution in [2.24, 2.45) is 0 Å². The lowest BCUT2D eigenvalue weighted by Gasteiger charge is -2.35. The van der Waals surface area contributed by atoms with Crippen molar-refractivity contribution in [1.29, 1.82) is 0 Å². The molecule has 1 aromatic carbocycles. The molecule has 6 heteroatoms. The van der Waals surface area contributed by atoms with Crippen LogP contribution >= 0.6 is 0 Å². The predicted molar refractivity (Wildman–Crippen MR) is 109 cm³/mol. The number of amides is 1. The van der Waals surface area contributed by atoms with Crippen LogP contribution in [0.5, 0.6) is 0 Å². The van der Waals surface area contributed by atoms with E-state index in [1.54, 1.807) is 18.3 Å². The minimum absolute atomic E-state index is 0.0920. The van der Waals surface area contributed by atoms with Gasteiger partial charge >= 0.3 is 0 Å². The number of anilines is 2. The normalized spacial score (nSPS) is 18.2. The molecule has 0 aliphatic carbocycles. The molecule has 1 amide bonds. The molecule has 5 nitrogen and oxygen atoms in total. The number of hydrogen-bond acceptors (Lipinski definition) is 4. The van der Waals surface area contributed by atoms with Gasteiger partial charge in [-0.05, 0) is 56.4 Å². The summed E-state index contributed by atoms with van der Waals surface area (Å²) >= 11 is 0. The van der Waals surface area contributed by atoms with Crippen LogP contribution in [0.1, 0.15) is 42.5 Å². The zero-order chi connectivity index (χ0) is 19.3. The van der Waals surface area contributed by atoms with E-state index in [-0.39, 0.29) is 17.8 Å². The smallest absolute Gasteiger partial charge is 0.257 e. The van der Waals surface area contributed by atoms with E-state index in [0.29, 0.717) is 11.3 Å². The average Bonchev–Trinajstić information content (AvgIpc) is 2.76. The van der Waals surface area contributed by atoms with Crippen LogP contribution in [0.2, 0.25) is 0 Å². The van der Waals surface area contributed by atoms with Gasteiger partial charge in [-0.2, -0.15) is 0 Å². The number of rotatable bonds is 4. The zero-order valence-corrected chi connectivity index (χ0v) is 16.1. The number of para-hydroxylation sites is 1. The topological polar surface area (TPSA) is 48.5 Å². The summed E-state index contributed by atoms with van der Waals surface area (Å²) in [6.07, 6.45) is 6.87.